The highest BCUT2D eigenvalue weighted by Gasteiger charge is 2.44. The minimum absolute atomic E-state index is 0.167. The van der Waals surface area contributed by atoms with Gasteiger partial charge in [-0.15, -0.1) is 11.3 Å². The van der Waals surface area contributed by atoms with Crippen molar-refractivity contribution in [3.05, 3.63) is 64.1 Å². The Kier molecular flexibility index (Phi) is 5.49. The topological polar surface area (TPSA) is 77.2 Å². The number of benzene rings is 1. The fourth-order valence-electron chi connectivity index (χ4n) is 5.33. The first-order valence-corrected chi connectivity index (χ1v) is 12.5. The van der Waals surface area contributed by atoms with E-state index in [-0.39, 0.29) is 31.1 Å². The second-order valence-electron chi connectivity index (χ2n) is 9.37. The minimum atomic E-state index is -4.29. The van der Waals surface area contributed by atoms with Gasteiger partial charge in [-0.2, -0.15) is 18.3 Å². The molecule has 0 aliphatic carbocycles. The number of hydrogen-bond acceptors (Lipinski definition) is 5. The number of aryl methyl sites for hydroxylation is 1. The normalized spacial score (nSPS) is 20.7. The number of carbonyl (C=O) groups excluding carboxylic acids is 1. The first-order chi connectivity index (χ1) is 17.2. The van der Waals surface area contributed by atoms with E-state index in [1.807, 2.05) is 48.7 Å². The Balaban J connectivity index is 1.34. The number of urea groups is 1. The van der Waals surface area contributed by atoms with Crippen molar-refractivity contribution in [3.63, 3.8) is 0 Å². The number of alkyl halides is 3. The summed E-state index contributed by atoms with van der Waals surface area (Å²) in [4.78, 5) is 21.5. The Hall–Kier alpha value is -3.44. The second-order valence-corrected chi connectivity index (χ2v) is 10.3. The molecule has 11 heteroatoms. The van der Waals surface area contributed by atoms with E-state index in [9.17, 15) is 18.0 Å². The monoisotopic (exact) mass is 512 g/mol. The summed E-state index contributed by atoms with van der Waals surface area (Å²) in [5.74, 6) is -0.187. The van der Waals surface area contributed by atoms with Crippen molar-refractivity contribution in [1.29, 1.82) is 0 Å². The summed E-state index contributed by atoms with van der Waals surface area (Å²) >= 11 is 1.51. The van der Waals surface area contributed by atoms with E-state index < -0.39 is 12.7 Å². The Bertz CT molecular complexity index is 1430. The number of H-pyrrole nitrogens is 1. The van der Waals surface area contributed by atoms with Crippen LogP contribution in [-0.4, -0.2) is 62.9 Å². The predicted octanol–water partition coefficient (Wildman–Crippen LogP) is 5.37. The van der Waals surface area contributed by atoms with Gasteiger partial charge in [0.1, 0.15) is 5.69 Å². The summed E-state index contributed by atoms with van der Waals surface area (Å²) in [6.07, 6.45) is -2.55. The van der Waals surface area contributed by atoms with Gasteiger partial charge in [0.2, 0.25) is 0 Å². The van der Waals surface area contributed by atoms with Crippen LogP contribution in [0.5, 0.6) is 0 Å². The van der Waals surface area contributed by atoms with Crippen LogP contribution in [0, 0.1) is 6.92 Å². The summed E-state index contributed by atoms with van der Waals surface area (Å²) in [6.45, 7) is 1.67. The van der Waals surface area contributed by atoms with E-state index in [2.05, 4.69) is 20.5 Å². The Labute approximate surface area is 208 Å². The van der Waals surface area contributed by atoms with Gasteiger partial charge in [-0.05, 0) is 48.2 Å². The molecule has 4 aromatic rings. The fraction of sp³-hybridized carbons (Fsp3) is 0.320. The van der Waals surface area contributed by atoms with Crippen molar-refractivity contribution >= 4 is 34.0 Å². The van der Waals surface area contributed by atoms with Crippen LogP contribution >= 0.6 is 11.3 Å². The lowest BCUT2D eigenvalue weighted by molar-refractivity contribution is -0.143. The average molecular weight is 513 g/mol. The molecule has 186 valence electrons. The number of thiophene rings is 1. The van der Waals surface area contributed by atoms with Crippen LogP contribution < -0.4 is 5.32 Å². The van der Waals surface area contributed by atoms with Crippen LogP contribution in [0.4, 0.5) is 23.7 Å². The third-order valence-electron chi connectivity index (χ3n) is 6.88. The molecule has 2 N–H and O–H groups in total. The highest BCUT2D eigenvalue weighted by molar-refractivity contribution is 7.10. The first-order valence-electron chi connectivity index (χ1n) is 11.6. The van der Waals surface area contributed by atoms with E-state index in [0.29, 0.717) is 12.2 Å². The van der Waals surface area contributed by atoms with E-state index >= 15 is 0 Å². The van der Waals surface area contributed by atoms with Gasteiger partial charge in [0.15, 0.2) is 0 Å². The lowest BCUT2D eigenvalue weighted by atomic mass is 9.97. The number of halogens is 3. The number of aromatic amines is 1. The third-order valence-corrected chi connectivity index (χ3v) is 7.88. The largest absolute Gasteiger partial charge is 0.401 e. The molecule has 2 aliphatic heterocycles. The molecular formula is C25H23F3N6OS. The van der Waals surface area contributed by atoms with Crippen LogP contribution in [0.2, 0.25) is 0 Å². The predicted molar refractivity (Wildman–Crippen MR) is 132 cm³/mol. The Morgan fingerprint density at radius 3 is 2.81 bits per heavy atom. The van der Waals surface area contributed by atoms with Gasteiger partial charge in [-0.3, -0.25) is 15.0 Å². The Morgan fingerprint density at radius 1 is 1.19 bits per heavy atom. The van der Waals surface area contributed by atoms with E-state index in [1.165, 1.54) is 16.2 Å². The van der Waals surface area contributed by atoms with Crippen LogP contribution in [0.25, 0.3) is 22.2 Å². The van der Waals surface area contributed by atoms with Crippen LogP contribution in [-0.2, 0) is 6.54 Å². The number of nitrogens with zero attached hydrogens (tertiary/aromatic N) is 4. The number of likely N-dealkylation sites (tertiary alicyclic amines) is 1. The van der Waals surface area contributed by atoms with E-state index in [4.69, 9.17) is 0 Å². The van der Waals surface area contributed by atoms with E-state index in [1.54, 1.807) is 11.1 Å². The van der Waals surface area contributed by atoms with Crippen molar-refractivity contribution in [2.45, 2.75) is 31.6 Å². The van der Waals surface area contributed by atoms with Gasteiger partial charge in [0, 0.05) is 59.0 Å². The number of rotatable bonds is 4. The molecule has 36 heavy (non-hydrogen) atoms. The molecule has 1 saturated heterocycles. The van der Waals surface area contributed by atoms with E-state index in [0.717, 1.165) is 38.3 Å². The van der Waals surface area contributed by atoms with Gasteiger partial charge in [-0.25, -0.2) is 4.79 Å². The molecule has 1 fully saturated rings. The van der Waals surface area contributed by atoms with Crippen molar-refractivity contribution in [3.8, 4) is 11.3 Å². The van der Waals surface area contributed by atoms with Gasteiger partial charge in [0.25, 0.3) is 0 Å². The molecular weight excluding hydrogens is 489 g/mol. The zero-order chi connectivity index (χ0) is 25.0. The van der Waals surface area contributed by atoms with Gasteiger partial charge >= 0.3 is 12.2 Å². The van der Waals surface area contributed by atoms with Crippen LogP contribution in [0.1, 0.15) is 22.1 Å². The molecule has 6 rings (SSSR count). The summed E-state index contributed by atoms with van der Waals surface area (Å²) in [5.41, 5.74) is 4.97. The number of amides is 2. The first kappa shape index (κ1) is 23.0. The summed E-state index contributed by atoms with van der Waals surface area (Å²) in [7, 11) is 0. The zero-order valence-corrected chi connectivity index (χ0v) is 20.2. The molecule has 2 amide bonds. The smallest absolute Gasteiger partial charge is 0.315 e. The standard InChI is InChI=1S/C25H23F3N6OS/c1-14-7-15(4-5-29-14)23-17-8-16-10-34(24(35)30-19(16)9-20(17)31-32-23)21-12-33(13-25(26,27)28)11-18(21)22-3-2-6-36-22/h2-9,18,21H,10-13H2,1H3,(H,30,35)(H,31,32)/t18-,21-/m1/s1. The lowest BCUT2D eigenvalue weighted by Gasteiger charge is -2.36. The fourth-order valence-corrected chi connectivity index (χ4v) is 6.20. The maximum atomic E-state index is 13.2. The van der Waals surface area contributed by atoms with Crippen molar-refractivity contribution in [2.24, 2.45) is 0 Å². The summed E-state index contributed by atoms with van der Waals surface area (Å²) < 4.78 is 39.6. The molecule has 0 spiro atoms. The van der Waals surface area contributed by atoms with Crippen molar-refractivity contribution < 1.29 is 18.0 Å². The molecule has 1 aromatic carbocycles. The lowest BCUT2D eigenvalue weighted by Crippen LogP contribution is -2.48. The molecule has 2 aliphatic rings. The van der Waals surface area contributed by atoms with Crippen molar-refractivity contribution in [2.75, 3.05) is 25.0 Å². The Morgan fingerprint density at radius 2 is 2.06 bits per heavy atom. The number of carbonyl (C=O) groups is 1. The summed E-state index contributed by atoms with van der Waals surface area (Å²) in [5, 5.41) is 13.3. The number of nitrogens with one attached hydrogen (secondary N) is 2. The molecule has 0 unspecified atom stereocenters. The van der Waals surface area contributed by atoms with Crippen LogP contribution in [0.3, 0.4) is 0 Å². The summed E-state index contributed by atoms with van der Waals surface area (Å²) in [6, 6.07) is 10.9. The number of anilines is 1. The molecule has 2 atom stereocenters. The molecule has 0 saturated carbocycles. The third kappa shape index (κ3) is 4.22. The maximum absolute atomic E-state index is 13.2. The number of hydrogen-bond donors (Lipinski definition) is 2. The molecule has 0 radical (unpaired) electrons. The second kappa shape index (κ2) is 8.59. The highest BCUT2D eigenvalue weighted by atomic mass is 32.1. The average Bonchev–Trinajstić information content (AvgIpc) is 3.56. The minimum Gasteiger partial charge on any atom is -0.315 e. The number of fused-ring (bicyclic) bond motifs is 2. The van der Waals surface area contributed by atoms with Gasteiger partial charge in [0.05, 0.1) is 18.1 Å². The molecule has 7 nitrogen and oxygen atoms in total. The zero-order valence-electron chi connectivity index (χ0n) is 19.3. The van der Waals surface area contributed by atoms with Crippen molar-refractivity contribution in [1.82, 2.24) is 25.0 Å². The van der Waals surface area contributed by atoms with Gasteiger partial charge in [-0.1, -0.05) is 6.07 Å². The molecule has 5 heterocycles. The molecule has 3 aromatic heterocycles. The quantitative estimate of drug-likeness (QED) is 0.385. The number of pyridine rings is 1. The van der Waals surface area contributed by atoms with Crippen LogP contribution in [0.15, 0.2) is 48.0 Å². The highest BCUT2D eigenvalue weighted by Crippen LogP contribution is 2.39. The van der Waals surface area contributed by atoms with Gasteiger partial charge < -0.3 is 10.2 Å². The SMILES string of the molecule is Cc1cc(-c2n[nH]c3cc4c(cc23)CN([C@@H]2CN(CC(F)(F)F)C[C@H]2c2cccs2)C(=O)N4)ccn1. The number of aromatic nitrogens is 3. The maximum Gasteiger partial charge on any atom is 0.401 e. The molecule has 0 bridgehead atoms.